The summed E-state index contributed by atoms with van der Waals surface area (Å²) in [6, 6.07) is 15.8. The molecule has 0 fully saturated rings. The van der Waals surface area contributed by atoms with Crippen LogP contribution >= 0.6 is 0 Å². The van der Waals surface area contributed by atoms with Crippen molar-refractivity contribution >= 4 is 5.78 Å². The van der Waals surface area contributed by atoms with E-state index in [1.807, 2.05) is 18.2 Å². The van der Waals surface area contributed by atoms with E-state index in [0.717, 1.165) is 13.1 Å². The van der Waals surface area contributed by atoms with Gasteiger partial charge in [0, 0.05) is 31.2 Å². The van der Waals surface area contributed by atoms with Crippen molar-refractivity contribution in [3.8, 4) is 0 Å². The molecule has 0 radical (unpaired) electrons. The van der Waals surface area contributed by atoms with Crippen LogP contribution in [0.25, 0.3) is 0 Å². The van der Waals surface area contributed by atoms with E-state index in [1.165, 1.54) is 5.56 Å². The average Bonchev–Trinajstić information content (AvgIpc) is 2.52. The first-order chi connectivity index (χ1) is 10.5. The van der Waals surface area contributed by atoms with Gasteiger partial charge in [-0.3, -0.25) is 14.7 Å². The van der Waals surface area contributed by atoms with Gasteiger partial charge in [0.05, 0.1) is 0 Å². The maximum absolute atomic E-state index is 12.2. The van der Waals surface area contributed by atoms with Crippen molar-refractivity contribution in [2.24, 2.45) is 0 Å². The van der Waals surface area contributed by atoms with E-state index in [4.69, 9.17) is 0 Å². The van der Waals surface area contributed by atoms with Gasteiger partial charge in [-0.1, -0.05) is 36.4 Å². The molecule has 0 amide bonds. The predicted octanol–water partition coefficient (Wildman–Crippen LogP) is 3.96. The number of nitrogens with zero attached hydrogens (tertiary/aromatic N) is 2. The SMILES string of the molecule is CC(C)(C)N(CCC(=O)c1ccccn1)Cc1ccccc1. The van der Waals surface area contributed by atoms with E-state index in [1.54, 1.807) is 12.3 Å². The number of aromatic nitrogens is 1. The molecular formula is C19H24N2O. The van der Waals surface area contributed by atoms with Crippen molar-refractivity contribution in [1.29, 1.82) is 0 Å². The molecule has 0 saturated carbocycles. The van der Waals surface area contributed by atoms with Gasteiger partial charge in [0.1, 0.15) is 5.69 Å². The lowest BCUT2D eigenvalue weighted by Gasteiger charge is -2.35. The second-order valence-corrected chi connectivity index (χ2v) is 6.47. The van der Waals surface area contributed by atoms with Crippen molar-refractivity contribution < 1.29 is 4.79 Å². The van der Waals surface area contributed by atoms with Crippen LogP contribution in [0.4, 0.5) is 0 Å². The summed E-state index contributed by atoms with van der Waals surface area (Å²) in [5.74, 6) is 0.0999. The van der Waals surface area contributed by atoms with E-state index in [0.29, 0.717) is 12.1 Å². The molecule has 3 heteroatoms. The Morgan fingerprint density at radius 3 is 2.32 bits per heavy atom. The molecular weight excluding hydrogens is 272 g/mol. The summed E-state index contributed by atoms with van der Waals surface area (Å²) >= 11 is 0. The molecule has 2 rings (SSSR count). The molecule has 0 bridgehead atoms. The van der Waals surface area contributed by atoms with E-state index >= 15 is 0 Å². The number of benzene rings is 1. The Morgan fingerprint density at radius 1 is 1.05 bits per heavy atom. The lowest BCUT2D eigenvalue weighted by Crippen LogP contribution is -2.42. The van der Waals surface area contributed by atoms with Crippen LogP contribution in [0, 0.1) is 0 Å². The minimum absolute atomic E-state index is 0.0141. The van der Waals surface area contributed by atoms with Crippen molar-refractivity contribution in [3.63, 3.8) is 0 Å². The van der Waals surface area contributed by atoms with Crippen molar-refractivity contribution in [3.05, 3.63) is 66.0 Å². The molecule has 116 valence electrons. The first kappa shape index (κ1) is 16.4. The maximum atomic E-state index is 12.2. The van der Waals surface area contributed by atoms with Crippen LogP contribution in [0.5, 0.6) is 0 Å². The second kappa shape index (κ2) is 7.32. The van der Waals surface area contributed by atoms with Gasteiger partial charge >= 0.3 is 0 Å². The topological polar surface area (TPSA) is 33.2 Å². The minimum atomic E-state index is 0.0141. The first-order valence-electron chi connectivity index (χ1n) is 7.70. The van der Waals surface area contributed by atoms with Crippen molar-refractivity contribution in [2.45, 2.75) is 39.3 Å². The molecule has 0 aliphatic carbocycles. The summed E-state index contributed by atoms with van der Waals surface area (Å²) in [7, 11) is 0. The zero-order chi connectivity index (χ0) is 16.0. The fourth-order valence-corrected chi connectivity index (χ4v) is 2.35. The lowest BCUT2D eigenvalue weighted by molar-refractivity contribution is 0.0892. The third kappa shape index (κ3) is 4.78. The van der Waals surface area contributed by atoms with E-state index < -0.39 is 0 Å². The smallest absolute Gasteiger partial charge is 0.182 e. The summed E-state index contributed by atoms with van der Waals surface area (Å²) in [6.45, 7) is 8.12. The van der Waals surface area contributed by atoms with Crippen LogP contribution in [0.3, 0.4) is 0 Å². The molecule has 22 heavy (non-hydrogen) atoms. The zero-order valence-electron chi connectivity index (χ0n) is 13.6. The van der Waals surface area contributed by atoms with Gasteiger partial charge < -0.3 is 0 Å². The highest BCUT2D eigenvalue weighted by Crippen LogP contribution is 2.18. The largest absolute Gasteiger partial charge is 0.294 e. The quantitative estimate of drug-likeness (QED) is 0.757. The van der Waals surface area contributed by atoms with Crippen LogP contribution in [0.15, 0.2) is 54.7 Å². The Balaban J connectivity index is 2.00. The summed E-state index contributed by atoms with van der Waals surface area (Å²) in [6.07, 6.45) is 2.15. The molecule has 0 saturated heterocycles. The molecule has 0 N–H and O–H groups in total. The van der Waals surface area contributed by atoms with Gasteiger partial charge in [-0.2, -0.15) is 0 Å². The highest BCUT2D eigenvalue weighted by Gasteiger charge is 2.22. The number of carbonyl (C=O) groups is 1. The molecule has 0 aliphatic rings. The molecule has 1 aromatic carbocycles. The minimum Gasteiger partial charge on any atom is -0.294 e. The Kier molecular flexibility index (Phi) is 5.45. The first-order valence-corrected chi connectivity index (χ1v) is 7.70. The van der Waals surface area contributed by atoms with Crippen LogP contribution in [-0.2, 0) is 6.54 Å². The van der Waals surface area contributed by atoms with Crippen LogP contribution < -0.4 is 0 Å². The van der Waals surface area contributed by atoms with Crippen molar-refractivity contribution in [2.75, 3.05) is 6.54 Å². The normalized spacial score (nSPS) is 11.6. The number of Topliss-reactive ketones (excluding diaryl/α,β-unsaturated/α-hetero) is 1. The standard InChI is InChI=1S/C19H24N2O/c1-19(2,3)21(15-16-9-5-4-6-10-16)14-12-18(22)17-11-7-8-13-20-17/h4-11,13H,12,14-15H2,1-3H3. The molecule has 0 unspecified atom stereocenters. The van der Waals surface area contributed by atoms with Gasteiger partial charge in [0.25, 0.3) is 0 Å². The van der Waals surface area contributed by atoms with Gasteiger partial charge in [-0.15, -0.1) is 0 Å². The molecule has 0 spiro atoms. The van der Waals surface area contributed by atoms with Crippen LogP contribution in [0.2, 0.25) is 0 Å². The fraction of sp³-hybridized carbons (Fsp3) is 0.368. The molecule has 0 aliphatic heterocycles. The van der Waals surface area contributed by atoms with E-state index in [2.05, 4.69) is 54.9 Å². The number of hydrogen-bond donors (Lipinski definition) is 0. The number of ketones is 1. The Morgan fingerprint density at radius 2 is 1.73 bits per heavy atom. The Hall–Kier alpha value is -2.00. The van der Waals surface area contributed by atoms with Gasteiger partial charge in [0.2, 0.25) is 0 Å². The average molecular weight is 296 g/mol. The summed E-state index contributed by atoms with van der Waals surface area (Å²) < 4.78 is 0. The molecule has 0 atom stereocenters. The third-order valence-corrected chi connectivity index (χ3v) is 3.72. The molecule has 2 aromatic rings. The highest BCUT2D eigenvalue weighted by molar-refractivity contribution is 5.94. The fourth-order valence-electron chi connectivity index (χ4n) is 2.35. The van der Waals surface area contributed by atoms with Gasteiger partial charge in [-0.05, 0) is 38.5 Å². The molecule has 1 aromatic heterocycles. The Labute approximate surface area is 133 Å². The second-order valence-electron chi connectivity index (χ2n) is 6.47. The van der Waals surface area contributed by atoms with E-state index in [-0.39, 0.29) is 11.3 Å². The van der Waals surface area contributed by atoms with Crippen LogP contribution in [0.1, 0.15) is 43.2 Å². The van der Waals surface area contributed by atoms with Crippen LogP contribution in [-0.4, -0.2) is 27.8 Å². The van der Waals surface area contributed by atoms with Crippen molar-refractivity contribution in [1.82, 2.24) is 9.88 Å². The zero-order valence-corrected chi connectivity index (χ0v) is 13.6. The third-order valence-electron chi connectivity index (χ3n) is 3.72. The summed E-state index contributed by atoms with van der Waals surface area (Å²) in [5, 5.41) is 0. The lowest BCUT2D eigenvalue weighted by atomic mass is 10.0. The summed E-state index contributed by atoms with van der Waals surface area (Å²) in [5.41, 5.74) is 1.83. The monoisotopic (exact) mass is 296 g/mol. The predicted molar refractivity (Wildman–Crippen MR) is 89.8 cm³/mol. The Bertz CT molecular complexity index is 588. The number of carbonyl (C=O) groups excluding carboxylic acids is 1. The number of rotatable bonds is 6. The van der Waals surface area contributed by atoms with E-state index in [9.17, 15) is 4.79 Å². The van der Waals surface area contributed by atoms with Gasteiger partial charge in [-0.25, -0.2) is 0 Å². The maximum Gasteiger partial charge on any atom is 0.182 e. The number of hydrogen-bond acceptors (Lipinski definition) is 3. The highest BCUT2D eigenvalue weighted by atomic mass is 16.1. The van der Waals surface area contributed by atoms with Gasteiger partial charge in [0.15, 0.2) is 5.78 Å². The molecule has 1 heterocycles. The number of pyridine rings is 1. The summed E-state index contributed by atoms with van der Waals surface area (Å²) in [4.78, 5) is 18.7. The molecule has 3 nitrogen and oxygen atoms in total.